The van der Waals surface area contributed by atoms with Gasteiger partial charge in [-0.05, 0) is 11.4 Å². The van der Waals surface area contributed by atoms with E-state index in [0.717, 1.165) is 4.88 Å². The lowest BCUT2D eigenvalue weighted by molar-refractivity contribution is 0.435. The third-order valence-corrected chi connectivity index (χ3v) is 3.44. The van der Waals surface area contributed by atoms with Crippen molar-refractivity contribution in [2.75, 3.05) is 5.73 Å². The van der Waals surface area contributed by atoms with Gasteiger partial charge in [0.1, 0.15) is 0 Å². The van der Waals surface area contributed by atoms with Gasteiger partial charge in [-0.1, -0.05) is 11.2 Å². The first-order valence-corrected chi connectivity index (χ1v) is 6.12. The number of rotatable bonds is 2. The number of thiophene rings is 1. The Labute approximate surface area is 106 Å². The molecule has 0 bridgehead atoms. The zero-order chi connectivity index (χ0) is 12.5. The van der Waals surface area contributed by atoms with Crippen LogP contribution in [0.2, 0.25) is 0 Å². The molecule has 0 aromatic carbocycles. The molecule has 3 aromatic heterocycles. The zero-order valence-corrected chi connectivity index (χ0v) is 10.0. The summed E-state index contributed by atoms with van der Waals surface area (Å²) in [6.07, 6.45) is 3.15. The molecule has 0 aliphatic carbocycles. The van der Waals surface area contributed by atoms with Crippen LogP contribution in [0.25, 0.3) is 21.8 Å². The molecule has 0 saturated carbocycles. The summed E-state index contributed by atoms with van der Waals surface area (Å²) in [4.78, 5) is 15.6. The van der Waals surface area contributed by atoms with Crippen LogP contribution in [0, 0.1) is 0 Å². The summed E-state index contributed by atoms with van der Waals surface area (Å²) >= 11 is 1.52. The summed E-state index contributed by atoms with van der Waals surface area (Å²) in [5, 5.41) is 5.68. The predicted octanol–water partition coefficient (Wildman–Crippen LogP) is 2.34. The van der Waals surface area contributed by atoms with Gasteiger partial charge in [-0.3, -0.25) is 4.79 Å². The van der Waals surface area contributed by atoms with E-state index in [0.29, 0.717) is 16.9 Å². The van der Waals surface area contributed by atoms with Crippen LogP contribution >= 0.6 is 11.3 Å². The van der Waals surface area contributed by atoms with Gasteiger partial charge in [-0.2, -0.15) is 0 Å². The van der Waals surface area contributed by atoms with Crippen molar-refractivity contribution < 1.29 is 4.52 Å². The Balaban J connectivity index is 2.27. The molecule has 0 atom stereocenters. The van der Waals surface area contributed by atoms with Gasteiger partial charge in [0.2, 0.25) is 0 Å². The molecule has 0 unspecified atom stereocenters. The third kappa shape index (κ3) is 1.63. The van der Waals surface area contributed by atoms with Crippen molar-refractivity contribution in [3.8, 4) is 21.8 Å². The lowest BCUT2D eigenvalue weighted by Crippen LogP contribution is -2.02. The third-order valence-electron chi connectivity index (χ3n) is 2.55. The Morgan fingerprint density at radius 2 is 2.28 bits per heavy atom. The number of aromatic nitrogens is 2. The van der Waals surface area contributed by atoms with Crippen LogP contribution in [0.3, 0.4) is 0 Å². The van der Waals surface area contributed by atoms with Crippen LogP contribution in [-0.4, -0.2) is 10.1 Å². The van der Waals surface area contributed by atoms with Crippen molar-refractivity contribution in [1.29, 1.82) is 0 Å². The van der Waals surface area contributed by atoms with Gasteiger partial charge in [0.25, 0.3) is 0 Å². The fourth-order valence-corrected chi connectivity index (χ4v) is 2.51. The topological polar surface area (TPSA) is 84.9 Å². The quantitative estimate of drug-likeness (QED) is 0.739. The molecule has 0 aliphatic rings. The second-order valence-corrected chi connectivity index (χ2v) is 4.62. The fourth-order valence-electron chi connectivity index (χ4n) is 1.74. The molecular weight excluding hydrogens is 250 g/mol. The molecule has 3 aromatic rings. The maximum absolute atomic E-state index is 11.8. The Kier molecular flexibility index (Phi) is 2.49. The van der Waals surface area contributed by atoms with Crippen LogP contribution in [0.15, 0.2) is 45.3 Å². The lowest BCUT2D eigenvalue weighted by atomic mass is 10.1. The Morgan fingerprint density at radius 3 is 3.00 bits per heavy atom. The standard InChI is InChI=1S/C12H9N3O2S/c13-12-10(9-2-1-5-18-9)11(17-15-12)7-6-14-4-3-8(7)16/h1-6H,(H2,13,15)(H,14,16). The Bertz CT molecular complexity index is 728. The molecule has 0 spiro atoms. The number of pyridine rings is 1. The molecule has 0 aliphatic heterocycles. The monoisotopic (exact) mass is 259 g/mol. The van der Waals surface area contributed by atoms with Crippen molar-refractivity contribution in [3.63, 3.8) is 0 Å². The Hall–Kier alpha value is -2.34. The van der Waals surface area contributed by atoms with E-state index in [-0.39, 0.29) is 11.2 Å². The summed E-state index contributed by atoms with van der Waals surface area (Å²) in [5.41, 5.74) is 6.76. The first kappa shape index (κ1) is 10.8. The molecule has 0 fully saturated rings. The number of hydrogen-bond donors (Lipinski definition) is 2. The second-order valence-electron chi connectivity index (χ2n) is 3.67. The van der Waals surface area contributed by atoms with Crippen molar-refractivity contribution >= 4 is 17.2 Å². The number of aromatic amines is 1. The van der Waals surface area contributed by atoms with Gasteiger partial charge in [0.05, 0.1) is 11.1 Å². The second kappa shape index (κ2) is 4.15. The highest BCUT2D eigenvalue weighted by molar-refractivity contribution is 7.13. The molecule has 0 amide bonds. The lowest BCUT2D eigenvalue weighted by Gasteiger charge is -1.98. The molecule has 18 heavy (non-hydrogen) atoms. The van der Waals surface area contributed by atoms with E-state index in [1.165, 1.54) is 17.4 Å². The van der Waals surface area contributed by atoms with Crippen LogP contribution in [0.4, 0.5) is 5.82 Å². The van der Waals surface area contributed by atoms with Gasteiger partial charge in [0, 0.05) is 23.3 Å². The highest BCUT2D eigenvalue weighted by Gasteiger charge is 2.20. The number of nitrogens with two attached hydrogens (primary N) is 1. The van der Waals surface area contributed by atoms with E-state index in [4.69, 9.17) is 10.3 Å². The SMILES string of the molecule is Nc1noc(-c2c[nH]ccc2=O)c1-c1cccs1. The summed E-state index contributed by atoms with van der Waals surface area (Å²) in [5.74, 6) is 0.688. The Morgan fingerprint density at radius 1 is 1.39 bits per heavy atom. The number of anilines is 1. The largest absolute Gasteiger partial charge is 0.380 e. The van der Waals surface area contributed by atoms with Gasteiger partial charge < -0.3 is 15.2 Å². The first-order valence-electron chi connectivity index (χ1n) is 5.24. The van der Waals surface area contributed by atoms with Crippen molar-refractivity contribution in [3.05, 3.63) is 46.2 Å². The van der Waals surface area contributed by atoms with Crippen molar-refractivity contribution in [1.82, 2.24) is 10.1 Å². The molecule has 3 rings (SSSR count). The van der Waals surface area contributed by atoms with Crippen molar-refractivity contribution in [2.24, 2.45) is 0 Å². The molecule has 0 radical (unpaired) electrons. The number of H-pyrrole nitrogens is 1. The maximum Gasteiger partial charge on any atom is 0.192 e. The van der Waals surface area contributed by atoms with Crippen LogP contribution in [-0.2, 0) is 0 Å². The number of nitrogens with zero attached hydrogens (tertiary/aromatic N) is 1. The van der Waals surface area contributed by atoms with E-state index < -0.39 is 0 Å². The predicted molar refractivity (Wildman–Crippen MR) is 70.3 cm³/mol. The minimum Gasteiger partial charge on any atom is -0.380 e. The number of nitrogens with one attached hydrogen (secondary N) is 1. The summed E-state index contributed by atoms with van der Waals surface area (Å²) in [6.45, 7) is 0. The van der Waals surface area contributed by atoms with Gasteiger partial charge in [-0.15, -0.1) is 11.3 Å². The zero-order valence-electron chi connectivity index (χ0n) is 9.21. The maximum atomic E-state index is 11.8. The van der Waals surface area contributed by atoms with Crippen LogP contribution in [0.1, 0.15) is 0 Å². The minimum absolute atomic E-state index is 0.136. The fraction of sp³-hybridized carbons (Fsp3) is 0. The van der Waals surface area contributed by atoms with Gasteiger partial charge in [-0.25, -0.2) is 0 Å². The average Bonchev–Trinajstić information content (AvgIpc) is 2.98. The van der Waals surface area contributed by atoms with E-state index in [1.54, 1.807) is 12.4 Å². The molecule has 90 valence electrons. The average molecular weight is 259 g/mol. The first-order chi connectivity index (χ1) is 8.77. The highest BCUT2D eigenvalue weighted by Crippen LogP contribution is 2.37. The van der Waals surface area contributed by atoms with Gasteiger partial charge >= 0.3 is 0 Å². The molecule has 0 saturated heterocycles. The van der Waals surface area contributed by atoms with Crippen LogP contribution < -0.4 is 11.2 Å². The highest BCUT2D eigenvalue weighted by atomic mass is 32.1. The molecule has 5 nitrogen and oxygen atoms in total. The number of nitrogen functional groups attached to an aromatic ring is 1. The molecule has 6 heteroatoms. The van der Waals surface area contributed by atoms with Crippen molar-refractivity contribution in [2.45, 2.75) is 0 Å². The number of hydrogen-bond acceptors (Lipinski definition) is 5. The normalized spacial score (nSPS) is 10.7. The smallest absolute Gasteiger partial charge is 0.192 e. The van der Waals surface area contributed by atoms with Gasteiger partial charge in [0.15, 0.2) is 17.0 Å². The summed E-state index contributed by atoms with van der Waals surface area (Å²) in [7, 11) is 0. The van der Waals surface area contributed by atoms with E-state index in [9.17, 15) is 4.79 Å². The summed E-state index contributed by atoms with van der Waals surface area (Å²) < 4.78 is 5.20. The molecule has 3 heterocycles. The molecular formula is C12H9N3O2S. The van der Waals surface area contributed by atoms with E-state index in [1.807, 2.05) is 17.5 Å². The van der Waals surface area contributed by atoms with E-state index >= 15 is 0 Å². The van der Waals surface area contributed by atoms with E-state index in [2.05, 4.69) is 10.1 Å². The summed E-state index contributed by atoms with van der Waals surface area (Å²) in [6, 6.07) is 5.26. The minimum atomic E-state index is -0.136. The van der Waals surface area contributed by atoms with Crippen LogP contribution in [0.5, 0.6) is 0 Å². The molecule has 3 N–H and O–H groups in total.